The normalized spacial score (nSPS) is 9.95. The lowest BCUT2D eigenvalue weighted by molar-refractivity contribution is -0.137. The third-order valence-corrected chi connectivity index (χ3v) is 3.96. The molecule has 0 aliphatic carbocycles. The number of methoxy groups -OCH3 is 1. The lowest BCUT2D eigenvalue weighted by Gasteiger charge is -2.20. The Labute approximate surface area is 135 Å². The Morgan fingerprint density at radius 3 is 2.70 bits per heavy atom. The Bertz CT molecular complexity index is 547. The molecule has 1 aromatic rings. The Morgan fingerprint density at radius 1 is 1.55 bits per heavy atom. The van der Waals surface area contributed by atoms with Crippen LogP contribution in [0.25, 0.3) is 0 Å². The lowest BCUT2D eigenvalue weighted by atomic mass is 10.1. The minimum atomic E-state index is -1.10. The molecule has 0 saturated heterocycles. The number of rotatable bonds is 6. The number of carbonyl (C=O) groups excluding carboxylic acids is 1. The molecule has 0 radical (unpaired) electrons. The molecule has 0 fully saturated rings. The molecule has 1 aromatic carbocycles. The van der Waals surface area contributed by atoms with Crippen molar-refractivity contribution in [1.29, 1.82) is 0 Å². The van der Waals surface area contributed by atoms with Crippen LogP contribution in [0, 0.1) is 3.57 Å². The van der Waals surface area contributed by atoms with E-state index in [1.54, 1.807) is 6.07 Å². The van der Waals surface area contributed by atoms with Crippen molar-refractivity contribution >= 4 is 46.1 Å². The molecule has 0 aliphatic heterocycles. The van der Waals surface area contributed by atoms with Gasteiger partial charge in [-0.15, -0.1) is 6.58 Å². The molecule has 20 heavy (non-hydrogen) atoms. The number of nitrogens with zero attached hydrogens (tertiary/aromatic N) is 1. The van der Waals surface area contributed by atoms with E-state index in [1.807, 2.05) is 22.6 Å². The fraction of sp³-hybridized carbons (Fsp3) is 0.231. The second-order valence-corrected chi connectivity index (χ2v) is 5.40. The summed E-state index contributed by atoms with van der Waals surface area (Å²) in [5, 5.41) is 9.25. The van der Waals surface area contributed by atoms with Crippen LogP contribution in [-0.4, -0.2) is 42.1 Å². The summed E-state index contributed by atoms with van der Waals surface area (Å²) in [7, 11) is 1.44. The monoisotopic (exact) mass is 409 g/mol. The molecule has 5 nitrogen and oxygen atoms in total. The molecule has 0 heterocycles. The van der Waals surface area contributed by atoms with E-state index in [9.17, 15) is 9.59 Å². The maximum absolute atomic E-state index is 12.4. The highest BCUT2D eigenvalue weighted by molar-refractivity contribution is 14.1. The predicted octanol–water partition coefficient (Wildman–Crippen LogP) is 2.67. The van der Waals surface area contributed by atoms with Gasteiger partial charge in [-0.1, -0.05) is 17.7 Å². The molecule has 0 atom stereocenters. The Morgan fingerprint density at radius 2 is 2.20 bits per heavy atom. The highest BCUT2D eigenvalue weighted by atomic mass is 127. The third-order valence-electron chi connectivity index (χ3n) is 2.44. The summed E-state index contributed by atoms with van der Waals surface area (Å²) >= 11 is 8.02. The highest BCUT2D eigenvalue weighted by Gasteiger charge is 2.22. The van der Waals surface area contributed by atoms with Gasteiger partial charge in [0, 0.05) is 10.1 Å². The van der Waals surface area contributed by atoms with Gasteiger partial charge in [0.2, 0.25) is 0 Å². The summed E-state index contributed by atoms with van der Waals surface area (Å²) in [6.45, 7) is 3.22. The number of carboxylic acid groups (broad SMARTS) is 1. The molecule has 1 N–H and O–H groups in total. The number of hydrogen-bond donors (Lipinski definition) is 1. The minimum Gasteiger partial charge on any atom is -0.496 e. The number of carbonyl (C=O) groups is 2. The smallest absolute Gasteiger partial charge is 0.323 e. The van der Waals surface area contributed by atoms with Crippen molar-refractivity contribution < 1.29 is 19.4 Å². The second kappa shape index (κ2) is 7.49. The van der Waals surface area contributed by atoms with Crippen LogP contribution in [0.5, 0.6) is 5.75 Å². The van der Waals surface area contributed by atoms with E-state index in [0.29, 0.717) is 10.8 Å². The van der Waals surface area contributed by atoms with Crippen molar-refractivity contribution in [2.24, 2.45) is 0 Å². The minimum absolute atomic E-state index is 0.123. The first-order valence-electron chi connectivity index (χ1n) is 5.55. The SMILES string of the molecule is C=CCN(CC(=O)O)C(=O)c1cc(Cl)c(I)cc1OC. The summed E-state index contributed by atoms with van der Waals surface area (Å²) in [4.78, 5) is 24.3. The number of aliphatic carboxylic acids is 1. The summed E-state index contributed by atoms with van der Waals surface area (Å²) in [5.74, 6) is -1.22. The molecule has 0 unspecified atom stereocenters. The van der Waals surface area contributed by atoms with Gasteiger partial charge in [-0.3, -0.25) is 9.59 Å². The topological polar surface area (TPSA) is 66.8 Å². The first-order chi connectivity index (χ1) is 9.40. The van der Waals surface area contributed by atoms with Crippen molar-refractivity contribution in [3.8, 4) is 5.75 Å². The number of hydrogen-bond acceptors (Lipinski definition) is 3. The maximum Gasteiger partial charge on any atom is 0.323 e. The molecule has 0 saturated carbocycles. The van der Waals surface area contributed by atoms with Gasteiger partial charge in [0.25, 0.3) is 5.91 Å². The molecule has 0 aliphatic rings. The molecule has 1 amide bonds. The zero-order chi connectivity index (χ0) is 15.3. The number of carboxylic acids is 1. The van der Waals surface area contributed by atoms with Crippen LogP contribution in [0.1, 0.15) is 10.4 Å². The average molecular weight is 410 g/mol. The third kappa shape index (κ3) is 4.11. The quantitative estimate of drug-likeness (QED) is 0.579. The van der Waals surface area contributed by atoms with Gasteiger partial charge in [0.05, 0.1) is 17.7 Å². The highest BCUT2D eigenvalue weighted by Crippen LogP contribution is 2.29. The largest absolute Gasteiger partial charge is 0.496 e. The number of benzene rings is 1. The van der Waals surface area contributed by atoms with Crippen LogP contribution >= 0.6 is 34.2 Å². The van der Waals surface area contributed by atoms with Gasteiger partial charge >= 0.3 is 5.97 Å². The van der Waals surface area contributed by atoms with Crippen molar-refractivity contribution in [2.75, 3.05) is 20.2 Å². The van der Waals surface area contributed by atoms with E-state index in [2.05, 4.69) is 6.58 Å². The zero-order valence-electron chi connectivity index (χ0n) is 10.7. The van der Waals surface area contributed by atoms with Gasteiger partial charge in [0.15, 0.2) is 0 Å². The molecule has 7 heteroatoms. The van der Waals surface area contributed by atoms with Gasteiger partial charge in [0.1, 0.15) is 12.3 Å². The summed E-state index contributed by atoms with van der Waals surface area (Å²) < 4.78 is 5.89. The van der Waals surface area contributed by atoms with Gasteiger partial charge < -0.3 is 14.7 Å². The Hall–Kier alpha value is -1.28. The van der Waals surface area contributed by atoms with E-state index in [0.717, 1.165) is 8.47 Å². The van der Waals surface area contributed by atoms with Crippen molar-refractivity contribution in [2.45, 2.75) is 0 Å². The van der Waals surface area contributed by atoms with E-state index in [1.165, 1.54) is 19.3 Å². The van der Waals surface area contributed by atoms with Crippen molar-refractivity contribution in [3.05, 3.63) is 38.9 Å². The maximum atomic E-state index is 12.4. The number of amides is 1. The fourth-order valence-electron chi connectivity index (χ4n) is 1.57. The molecular weight excluding hydrogens is 397 g/mol. The van der Waals surface area contributed by atoms with Crippen molar-refractivity contribution in [3.63, 3.8) is 0 Å². The van der Waals surface area contributed by atoms with Crippen LogP contribution in [0.15, 0.2) is 24.8 Å². The van der Waals surface area contributed by atoms with Gasteiger partial charge in [-0.25, -0.2) is 0 Å². The molecule has 0 bridgehead atoms. The number of halogens is 2. The predicted molar refractivity (Wildman–Crippen MR) is 84.5 cm³/mol. The van der Waals surface area contributed by atoms with Crippen LogP contribution in [-0.2, 0) is 4.79 Å². The van der Waals surface area contributed by atoms with E-state index in [-0.39, 0.29) is 12.1 Å². The van der Waals surface area contributed by atoms with Crippen LogP contribution < -0.4 is 4.74 Å². The van der Waals surface area contributed by atoms with Gasteiger partial charge in [-0.05, 0) is 34.7 Å². The van der Waals surface area contributed by atoms with E-state index in [4.69, 9.17) is 21.4 Å². The standard InChI is InChI=1S/C13H13ClINO4/c1-3-4-16(7-12(17)18)13(19)8-5-9(14)10(15)6-11(8)20-2/h3,5-6H,1,4,7H2,2H3,(H,17,18). The summed E-state index contributed by atoms with van der Waals surface area (Å²) in [6.07, 6.45) is 1.46. The van der Waals surface area contributed by atoms with E-state index < -0.39 is 18.4 Å². The van der Waals surface area contributed by atoms with Crippen LogP contribution in [0.2, 0.25) is 5.02 Å². The Balaban J connectivity index is 3.19. The van der Waals surface area contributed by atoms with Crippen LogP contribution in [0.4, 0.5) is 0 Å². The summed E-state index contributed by atoms with van der Waals surface area (Å²) in [5.41, 5.74) is 0.223. The van der Waals surface area contributed by atoms with Crippen LogP contribution in [0.3, 0.4) is 0 Å². The molecule has 0 spiro atoms. The summed E-state index contributed by atoms with van der Waals surface area (Å²) in [6, 6.07) is 3.10. The van der Waals surface area contributed by atoms with Gasteiger partial charge in [-0.2, -0.15) is 0 Å². The Kier molecular flexibility index (Phi) is 6.28. The average Bonchev–Trinajstić information content (AvgIpc) is 2.39. The lowest BCUT2D eigenvalue weighted by Crippen LogP contribution is -2.36. The molecular formula is C13H13ClINO4. The zero-order valence-corrected chi connectivity index (χ0v) is 13.6. The first-order valence-corrected chi connectivity index (χ1v) is 7.01. The first kappa shape index (κ1) is 16.8. The van der Waals surface area contributed by atoms with E-state index >= 15 is 0 Å². The molecule has 1 rings (SSSR count). The fourth-order valence-corrected chi connectivity index (χ4v) is 2.18. The molecule has 0 aromatic heterocycles. The van der Waals surface area contributed by atoms with Crippen molar-refractivity contribution in [1.82, 2.24) is 4.90 Å². The molecule has 108 valence electrons. The second-order valence-electron chi connectivity index (χ2n) is 3.83. The number of ether oxygens (including phenoxy) is 1.